The third-order valence-corrected chi connectivity index (χ3v) is 3.07. The van der Waals surface area contributed by atoms with Crippen LogP contribution in [-0.4, -0.2) is 18.9 Å². The topological polar surface area (TPSA) is 29.1 Å². The van der Waals surface area contributed by atoms with Crippen LogP contribution in [-0.2, 0) is 4.79 Å². The first-order valence-corrected chi connectivity index (χ1v) is 4.91. The molecule has 1 saturated heterocycles. The summed E-state index contributed by atoms with van der Waals surface area (Å²) in [5.41, 5.74) is 0. The van der Waals surface area contributed by atoms with Crippen LogP contribution in [0.2, 0.25) is 0 Å². The van der Waals surface area contributed by atoms with E-state index in [-0.39, 0.29) is 11.8 Å². The molecule has 2 atom stereocenters. The van der Waals surface area contributed by atoms with Crippen molar-refractivity contribution in [1.82, 2.24) is 5.32 Å². The Bertz CT molecular complexity index is 163. The molecule has 1 heterocycles. The van der Waals surface area contributed by atoms with Crippen molar-refractivity contribution in [3.05, 3.63) is 0 Å². The van der Waals surface area contributed by atoms with Crippen molar-refractivity contribution < 1.29 is 4.79 Å². The van der Waals surface area contributed by atoms with Gasteiger partial charge in [-0.3, -0.25) is 4.79 Å². The standard InChI is InChI=1S/C10H19NO/c1-4-7(2)10(12)8(3)9-5-11-6-9/h7-9,11H,4-6H2,1-3H3. The molecule has 1 aliphatic rings. The largest absolute Gasteiger partial charge is 0.316 e. The zero-order chi connectivity index (χ0) is 9.14. The predicted molar refractivity (Wildman–Crippen MR) is 50.0 cm³/mol. The number of carbonyl (C=O) groups is 1. The van der Waals surface area contributed by atoms with E-state index in [0.717, 1.165) is 19.5 Å². The molecule has 0 spiro atoms. The van der Waals surface area contributed by atoms with Gasteiger partial charge < -0.3 is 5.32 Å². The number of rotatable bonds is 4. The quantitative estimate of drug-likeness (QED) is 0.690. The average molecular weight is 169 g/mol. The van der Waals surface area contributed by atoms with Gasteiger partial charge in [-0.1, -0.05) is 20.8 Å². The van der Waals surface area contributed by atoms with Crippen molar-refractivity contribution in [2.45, 2.75) is 27.2 Å². The Morgan fingerprint density at radius 2 is 2.08 bits per heavy atom. The molecular formula is C10H19NO. The molecule has 0 aliphatic carbocycles. The highest BCUT2D eigenvalue weighted by Crippen LogP contribution is 2.21. The fourth-order valence-electron chi connectivity index (χ4n) is 1.55. The predicted octanol–water partition coefficient (Wildman–Crippen LogP) is 1.46. The second kappa shape index (κ2) is 4.04. The molecule has 2 unspecified atom stereocenters. The summed E-state index contributed by atoms with van der Waals surface area (Å²) in [6.45, 7) is 8.24. The van der Waals surface area contributed by atoms with Gasteiger partial charge in [-0.2, -0.15) is 0 Å². The maximum atomic E-state index is 11.7. The fraction of sp³-hybridized carbons (Fsp3) is 0.900. The Hall–Kier alpha value is -0.370. The van der Waals surface area contributed by atoms with Gasteiger partial charge in [-0.05, 0) is 25.4 Å². The number of hydrogen-bond acceptors (Lipinski definition) is 2. The molecule has 0 aromatic rings. The lowest BCUT2D eigenvalue weighted by atomic mass is 9.81. The third-order valence-electron chi connectivity index (χ3n) is 3.07. The molecule has 0 aromatic carbocycles. The van der Waals surface area contributed by atoms with E-state index in [4.69, 9.17) is 0 Å². The molecule has 1 aliphatic heterocycles. The molecular weight excluding hydrogens is 150 g/mol. The Balaban J connectivity index is 2.39. The molecule has 1 fully saturated rings. The van der Waals surface area contributed by atoms with Crippen LogP contribution in [0.3, 0.4) is 0 Å². The second-order valence-electron chi connectivity index (χ2n) is 3.92. The van der Waals surface area contributed by atoms with Gasteiger partial charge in [0, 0.05) is 11.8 Å². The van der Waals surface area contributed by atoms with Gasteiger partial charge >= 0.3 is 0 Å². The highest BCUT2D eigenvalue weighted by Gasteiger charge is 2.30. The summed E-state index contributed by atoms with van der Waals surface area (Å²) < 4.78 is 0. The summed E-state index contributed by atoms with van der Waals surface area (Å²) in [6, 6.07) is 0. The molecule has 0 amide bonds. The van der Waals surface area contributed by atoms with Crippen LogP contribution >= 0.6 is 0 Å². The van der Waals surface area contributed by atoms with Crippen molar-refractivity contribution in [3.63, 3.8) is 0 Å². The number of Topliss-reactive ketones (excluding diaryl/α,β-unsaturated/α-hetero) is 1. The van der Waals surface area contributed by atoms with E-state index in [2.05, 4.69) is 19.2 Å². The molecule has 1 N–H and O–H groups in total. The second-order valence-corrected chi connectivity index (χ2v) is 3.92. The van der Waals surface area contributed by atoms with Crippen molar-refractivity contribution in [3.8, 4) is 0 Å². The third kappa shape index (κ3) is 1.86. The van der Waals surface area contributed by atoms with Crippen molar-refractivity contribution in [2.75, 3.05) is 13.1 Å². The van der Waals surface area contributed by atoms with Gasteiger partial charge in [-0.15, -0.1) is 0 Å². The minimum Gasteiger partial charge on any atom is -0.316 e. The maximum Gasteiger partial charge on any atom is 0.138 e. The summed E-state index contributed by atoms with van der Waals surface area (Å²) in [5.74, 6) is 1.57. The van der Waals surface area contributed by atoms with Gasteiger partial charge in [0.05, 0.1) is 0 Å². The molecule has 2 nitrogen and oxygen atoms in total. The van der Waals surface area contributed by atoms with Crippen LogP contribution in [0.5, 0.6) is 0 Å². The van der Waals surface area contributed by atoms with E-state index in [0.29, 0.717) is 11.7 Å². The van der Waals surface area contributed by atoms with Crippen molar-refractivity contribution in [2.24, 2.45) is 17.8 Å². The Labute approximate surface area is 74.7 Å². The van der Waals surface area contributed by atoms with Crippen LogP contribution in [0.15, 0.2) is 0 Å². The summed E-state index contributed by atoms with van der Waals surface area (Å²) in [4.78, 5) is 11.7. The minimum absolute atomic E-state index is 0.251. The monoisotopic (exact) mass is 169 g/mol. The molecule has 0 radical (unpaired) electrons. The highest BCUT2D eigenvalue weighted by atomic mass is 16.1. The fourth-order valence-corrected chi connectivity index (χ4v) is 1.55. The van der Waals surface area contributed by atoms with Gasteiger partial charge in [0.15, 0.2) is 0 Å². The van der Waals surface area contributed by atoms with E-state index >= 15 is 0 Å². The van der Waals surface area contributed by atoms with Crippen LogP contribution in [0.25, 0.3) is 0 Å². The Morgan fingerprint density at radius 1 is 1.50 bits per heavy atom. The molecule has 12 heavy (non-hydrogen) atoms. The first-order chi connectivity index (χ1) is 5.66. The molecule has 0 aromatic heterocycles. The number of carbonyl (C=O) groups excluding carboxylic acids is 1. The lowest BCUT2D eigenvalue weighted by molar-refractivity contribution is -0.128. The van der Waals surface area contributed by atoms with Crippen molar-refractivity contribution >= 4 is 5.78 Å². The van der Waals surface area contributed by atoms with Crippen LogP contribution < -0.4 is 5.32 Å². The zero-order valence-corrected chi connectivity index (χ0v) is 8.26. The van der Waals surface area contributed by atoms with Crippen molar-refractivity contribution in [1.29, 1.82) is 0 Å². The van der Waals surface area contributed by atoms with E-state index in [1.54, 1.807) is 0 Å². The molecule has 2 heteroatoms. The smallest absolute Gasteiger partial charge is 0.138 e. The van der Waals surface area contributed by atoms with E-state index < -0.39 is 0 Å². The lowest BCUT2D eigenvalue weighted by Crippen LogP contribution is -2.48. The first-order valence-electron chi connectivity index (χ1n) is 4.91. The first kappa shape index (κ1) is 9.72. The molecule has 70 valence electrons. The maximum absolute atomic E-state index is 11.7. The highest BCUT2D eigenvalue weighted by molar-refractivity contribution is 5.83. The lowest BCUT2D eigenvalue weighted by Gasteiger charge is -2.32. The average Bonchev–Trinajstić information content (AvgIpc) is 1.98. The number of nitrogens with one attached hydrogen (secondary N) is 1. The van der Waals surface area contributed by atoms with E-state index in [1.165, 1.54) is 0 Å². The normalized spacial score (nSPS) is 22.9. The van der Waals surface area contributed by atoms with Gasteiger partial charge in [0.2, 0.25) is 0 Å². The summed E-state index contributed by atoms with van der Waals surface area (Å²) in [7, 11) is 0. The Morgan fingerprint density at radius 3 is 2.42 bits per heavy atom. The Kier molecular flexibility index (Phi) is 3.27. The summed E-state index contributed by atoms with van der Waals surface area (Å²) >= 11 is 0. The molecule has 0 saturated carbocycles. The summed E-state index contributed by atoms with van der Waals surface area (Å²) in [6.07, 6.45) is 0.976. The van der Waals surface area contributed by atoms with Gasteiger partial charge in [0.25, 0.3) is 0 Å². The van der Waals surface area contributed by atoms with Crippen LogP contribution in [0.1, 0.15) is 27.2 Å². The summed E-state index contributed by atoms with van der Waals surface area (Å²) in [5, 5.41) is 3.20. The van der Waals surface area contributed by atoms with E-state index in [9.17, 15) is 4.79 Å². The number of hydrogen-bond donors (Lipinski definition) is 1. The molecule has 1 rings (SSSR count). The zero-order valence-electron chi connectivity index (χ0n) is 8.26. The van der Waals surface area contributed by atoms with Gasteiger partial charge in [0.1, 0.15) is 5.78 Å². The van der Waals surface area contributed by atoms with E-state index in [1.807, 2.05) is 6.92 Å². The van der Waals surface area contributed by atoms with Gasteiger partial charge in [-0.25, -0.2) is 0 Å². The molecule has 0 bridgehead atoms. The minimum atomic E-state index is 0.251. The van der Waals surface area contributed by atoms with Crippen LogP contribution in [0, 0.1) is 17.8 Å². The number of ketones is 1. The van der Waals surface area contributed by atoms with Crippen LogP contribution in [0.4, 0.5) is 0 Å². The SMILES string of the molecule is CCC(C)C(=O)C(C)C1CNC1.